The molecule has 8 heteroatoms. The van der Waals surface area contributed by atoms with Gasteiger partial charge in [0.05, 0.1) is 13.2 Å². The number of rotatable bonds is 7. The van der Waals surface area contributed by atoms with Crippen molar-refractivity contribution >= 4 is 11.9 Å². The molecule has 2 heterocycles. The number of amides is 3. The van der Waals surface area contributed by atoms with Gasteiger partial charge in [-0.2, -0.15) is 0 Å². The predicted molar refractivity (Wildman–Crippen MR) is 114 cm³/mol. The number of carbonyl (C=O) groups excluding carboxylic acids is 2. The first-order valence-corrected chi connectivity index (χ1v) is 10.8. The zero-order chi connectivity index (χ0) is 21.3. The number of benzene rings is 1. The molecule has 2 fully saturated rings. The largest absolute Gasteiger partial charge is 0.492 e. The van der Waals surface area contributed by atoms with Crippen LogP contribution in [0, 0.1) is 5.92 Å². The molecular weight excluding hydrogens is 384 g/mol. The molecule has 0 radical (unpaired) electrons. The Hall–Kier alpha value is -2.32. The molecule has 0 saturated carbocycles. The average molecular weight is 419 g/mol. The molecule has 8 nitrogen and oxygen atoms in total. The Labute approximate surface area is 179 Å². The van der Waals surface area contributed by atoms with E-state index >= 15 is 0 Å². The Kier molecular flexibility index (Phi) is 8.33. The summed E-state index contributed by atoms with van der Waals surface area (Å²) in [5.41, 5.74) is 1.02. The lowest BCUT2D eigenvalue weighted by Gasteiger charge is -2.33. The highest BCUT2D eigenvalue weighted by atomic mass is 16.5. The van der Waals surface area contributed by atoms with E-state index < -0.39 is 0 Å². The SMILES string of the molecule is CN(C)C(=O)N1CCC(C(=O)NCc2cccc(OCCN3CCOCC3)c2)CC1. The van der Waals surface area contributed by atoms with E-state index in [0.717, 1.165) is 44.2 Å². The van der Waals surface area contributed by atoms with E-state index in [4.69, 9.17) is 9.47 Å². The van der Waals surface area contributed by atoms with E-state index in [9.17, 15) is 9.59 Å². The van der Waals surface area contributed by atoms with E-state index in [2.05, 4.69) is 10.2 Å². The molecule has 0 atom stereocenters. The van der Waals surface area contributed by atoms with E-state index in [0.29, 0.717) is 39.1 Å². The van der Waals surface area contributed by atoms with Crippen molar-refractivity contribution in [2.24, 2.45) is 5.92 Å². The standard InChI is InChI=1S/C22H34N4O4/c1-24(2)22(28)26-8-6-19(7-9-26)21(27)23-17-18-4-3-5-20(16-18)30-15-12-25-10-13-29-14-11-25/h3-5,16,19H,6-15,17H2,1-2H3,(H,23,27). The third-order valence-electron chi connectivity index (χ3n) is 5.66. The summed E-state index contributed by atoms with van der Waals surface area (Å²) in [6.07, 6.45) is 1.41. The van der Waals surface area contributed by atoms with Crippen LogP contribution in [0.15, 0.2) is 24.3 Å². The molecule has 30 heavy (non-hydrogen) atoms. The molecule has 2 aliphatic rings. The minimum Gasteiger partial charge on any atom is -0.492 e. The molecule has 0 aromatic heterocycles. The van der Waals surface area contributed by atoms with Crippen LogP contribution in [-0.2, 0) is 16.1 Å². The Balaban J connectivity index is 1.38. The number of hydrogen-bond acceptors (Lipinski definition) is 5. The summed E-state index contributed by atoms with van der Waals surface area (Å²) in [5, 5.41) is 3.04. The number of hydrogen-bond donors (Lipinski definition) is 1. The van der Waals surface area contributed by atoms with Gasteiger partial charge in [0.1, 0.15) is 12.4 Å². The minimum atomic E-state index is -0.0378. The van der Waals surface area contributed by atoms with Gasteiger partial charge in [0.25, 0.3) is 0 Å². The fraction of sp³-hybridized carbons (Fsp3) is 0.636. The molecule has 2 saturated heterocycles. The highest BCUT2D eigenvalue weighted by Crippen LogP contribution is 2.19. The van der Waals surface area contributed by atoms with Gasteiger partial charge in [-0.25, -0.2) is 4.79 Å². The second kappa shape index (κ2) is 11.2. The summed E-state index contributed by atoms with van der Waals surface area (Å²) >= 11 is 0. The van der Waals surface area contributed by atoms with Gasteiger partial charge in [0.2, 0.25) is 5.91 Å². The van der Waals surface area contributed by atoms with Crippen molar-refractivity contribution in [3.05, 3.63) is 29.8 Å². The number of ether oxygens (including phenoxy) is 2. The van der Waals surface area contributed by atoms with Gasteiger partial charge in [0.15, 0.2) is 0 Å². The zero-order valence-electron chi connectivity index (χ0n) is 18.1. The number of morpholine rings is 1. The van der Waals surface area contributed by atoms with Crippen molar-refractivity contribution in [1.82, 2.24) is 20.0 Å². The molecule has 2 aliphatic heterocycles. The van der Waals surface area contributed by atoms with Crippen LogP contribution in [-0.4, -0.2) is 93.3 Å². The van der Waals surface area contributed by atoms with Crippen LogP contribution in [0.3, 0.4) is 0 Å². The third kappa shape index (κ3) is 6.60. The van der Waals surface area contributed by atoms with E-state index in [1.54, 1.807) is 19.0 Å². The van der Waals surface area contributed by atoms with Crippen LogP contribution in [0.25, 0.3) is 0 Å². The topological polar surface area (TPSA) is 74.4 Å². The summed E-state index contributed by atoms with van der Waals surface area (Å²) in [5.74, 6) is 0.847. The number of carbonyl (C=O) groups is 2. The molecule has 0 aliphatic carbocycles. The molecule has 0 spiro atoms. The smallest absolute Gasteiger partial charge is 0.319 e. The van der Waals surface area contributed by atoms with E-state index in [1.807, 2.05) is 29.2 Å². The van der Waals surface area contributed by atoms with Crippen molar-refractivity contribution in [2.75, 3.05) is 66.6 Å². The Morgan fingerprint density at radius 2 is 1.90 bits per heavy atom. The van der Waals surface area contributed by atoms with Gasteiger partial charge < -0.3 is 24.6 Å². The fourth-order valence-corrected chi connectivity index (χ4v) is 3.81. The second-order valence-corrected chi connectivity index (χ2v) is 8.11. The van der Waals surface area contributed by atoms with Crippen LogP contribution in [0.4, 0.5) is 4.79 Å². The van der Waals surface area contributed by atoms with E-state index in [-0.39, 0.29) is 17.9 Å². The monoisotopic (exact) mass is 418 g/mol. The maximum Gasteiger partial charge on any atom is 0.319 e. The van der Waals surface area contributed by atoms with Crippen LogP contribution in [0.2, 0.25) is 0 Å². The van der Waals surface area contributed by atoms with Gasteiger partial charge in [-0.05, 0) is 30.5 Å². The van der Waals surface area contributed by atoms with Crippen LogP contribution < -0.4 is 10.1 Å². The number of likely N-dealkylation sites (tertiary alicyclic amines) is 1. The molecule has 0 bridgehead atoms. The van der Waals surface area contributed by atoms with Crippen LogP contribution in [0.5, 0.6) is 5.75 Å². The second-order valence-electron chi connectivity index (χ2n) is 8.11. The molecule has 1 N–H and O–H groups in total. The lowest BCUT2D eigenvalue weighted by Crippen LogP contribution is -2.46. The molecule has 166 valence electrons. The van der Waals surface area contributed by atoms with Crippen LogP contribution >= 0.6 is 0 Å². The highest BCUT2D eigenvalue weighted by molar-refractivity contribution is 5.79. The van der Waals surface area contributed by atoms with Gasteiger partial charge in [-0.15, -0.1) is 0 Å². The minimum absolute atomic E-state index is 0.0132. The quantitative estimate of drug-likeness (QED) is 0.725. The first-order chi connectivity index (χ1) is 14.5. The third-order valence-corrected chi connectivity index (χ3v) is 5.66. The maximum absolute atomic E-state index is 12.5. The van der Waals surface area contributed by atoms with Crippen LogP contribution in [0.1, 0.15) is 18.4 Å². The van der Waals surface area contributed by atoms with Crippen molar-refractivity contribution < 1.29 is 19.1 Å². The summed E-state index contributed by atoms with van der Waals surface area (Å²) in [4.78, 5) is 30.3. The summed E-state index contributed by atoms with van der Waals surface area (Å²) in [6.45, 7) is 6.76. The van der Waals surface area contributed by atoms with Crippen molar-refractivity contribution in [3.63, 3.8) is 0 Å². The van der Waals surface area contributed by atoms with Gasteiger partial charge in [0, 0.05) is 59.3 Å². The Morgan fingerprint density at radius 3 is 2.60 bits per heavy atom. The van der Waals surface area contributed by atoms with Crippen molar-refractivity contribution in [2.45, 2.75) is 19.4 Å². The predicted octanol–water partition coefficient (Wildman–Crippen LogP) is 1.41. The summed E-state index contributed by atoms with van der Waals surface area (Å²) in [6, 6.07) is 7.89. The number of piperidine rings is 1. The fourth-order valence-electron chi connectivity index (χ4n) is 3.81. The molecule has 3 rings (SSSR count). The van der Waals surface area contributed by atoms with Gasteiger partial charge in [-0.1, -0.05) is 12.1 Å². The first-order valence-electron chi connectivity index (χ1n) is 10.8. The first kappa shape index (κ1) is 22.4. The Bertz CT molecular complexity index is 698. The highest BCUT2D eigenvalue weighted by Gasteiger charge is 2.27. The van der Waals surface area contributed by atoms with Gasteiger partial charge in [-0.3, -0.25) is 9.69 Å². The lowest BCUT2D eigenvalue weighted by atomic mass is 9.96. The number of urea groups is 1. The molecule has 0 unspecified atom stereocenters. The summed E-state index contributed by atoms with van der Waals surface area (Å²) < 4.78 is 11.2. The average Bonchev–Trinajstić information content (AvgIpc) is 2.78. The molecule has 1 aromatic rings. The zero-order valence-corrected chi connectivity index (χ0v) is 18.1. The molecule has 1 aromatic carbocycles. The molecule has 3 amide bonds. The maximum atomic E-state index is 12.5. The lowest BCUT2D eigenvalue weighted by molar-refractivity contribution is -0.126. The van der Waals surface area contributed by atoms with Crippen molar-refractivity contribution in [3.8, 4) is 5.75 Å². The van der Waals surface area contributed by atoms with Crippen molar-refractivity contribution in [1.29, 1.82) is 0 Å². The Morgan fingerprint density at radius 1 is 1.17 bits per heavy atom. The van der Waals surface area contributed by atoms with Gasteiger partial charge >= 0.3 is 6.03 Å². The summed E-state index contributed by atoms with van der Waals surface area (Å²) in [7, 11) is 3.50. The molecular formula is C22H34N4O4. The normalized spacial score (nSPS) is 18.1. The number of nitrogens with one attached hydrogen (secondary N) is 1. The number of nitrogens with zero attached hydrogens (tertiary/aromatic N) is 3. The van der Waals surface area contributed by atoms with E-state index in [1.165, 1.54) is 0 Å².